The smallest absolute Gasteiger partial charge is 0.408 e. The molecule has 2 atom stereocenters. The van der Waals surface area contributed by atoms with Gasteiger partial charge in [0.2, 0.25) is 0 Å². The lowest BCUT2D eigenvalue weighted by atomic mass is 9.99. The van der Waals surface area contributed by atoms with Crippen LogP contribution in [0.3, 0.4) is 0 Å². The summed E-state index contributed by atoms with van der Waals surface area (Å²) in [6.07, 6.45) is 0.136. The maximum absolute atomic E-state index is 11.7. The number of carbonyl (C=O) groups excluding carboxylic acids is 2. The van der Waals surface area contributed by atoms with Crippen molar-refractivity contribution >= 4 is 28.0 Å². The zero-order chi connectivity index (χ0) is 14.3. The number of carbonyl (C=O) groups is 2. The summed E-state index contributed by atoms with van der Waals surface area (Å²) in [4.78, 5) is 23.4. The highest BCUT2D eigenvalue weighted by Gasteiger charge is 2.29. The molecule has 0 aromatic heterocycles. The second-order valence-corrected chi connectivity index (χ2v) is 5.54. The standard InChI is InChI=1S/C12H22BrNO4/c1-6-8(2)9(10(15)17-7-13)14-11(16)18-12(3,4)5/h8-9H,6-7H2,1-5H3,(H,14,16)/t8-,9-/m0/s1. The lowest BCUT2D eigenvalue weighted by Crippen LogP contribution is -2.47. The first-order valence-electron chi connectivity index (χ1n) is 5.93. The molecule has 18 heavy (non-hydrogen) atoms. The van der Waals surface area contributed by atoms with E-state index in [-0.39, 0.29) is 11.4 Å². The molecule has 0 saturated heterocycles. The Morgan fingerprint density at radius 3 is 2.28 bits per heavy atom. The minimum absolute atomic E-state index is 0.0240. The van der Waals surface area contributed by atoms with E-state index < -0.39 is 23.7 Å². The summed E-state index contributed by atoms with van der Waals surface area (Å²) in [6.45, 7) is 9.11. The van der Waals surface area contributed by atoms with Gasteiger partial charge in [0.1, 0.15) is 17.2 Å². The molecule has 0 heterocycles. The van der Waals surface area contributed by atoms with Crippen molar-refractivity contribution in [2.75, 3.05) is 5.52 Å². The lowest BCUT2D eigenvalue weighted by molar-refractivity contribution is -0.145. The van der Waals surface area contributed by atoms with E-state index in [9.17, 15) is 9.59 Å². The second-order valence-electron chi connectivity index (χ2n) is 5.08. The monoisotopic (exact) mass is 323 g/mol. The van der Waals surface area contributed by atoms with Crippen molar-refractivity contribution in [2.24, 2.45) is 5.92 Å². The molecule has 0 aliphatic rings. The summed E-state index contributed by atoms with van der Waals surface area (Å²) in [5, 5.41) is 2.55. The predicted molar refractivity (Wildman–Crippen MR) is 72.5 cm³/mol. The molecule has 6 heteroatoms. The van der Waals surface area contributed by atoms with Crippen LogP contribution in [-0.2, 0) is 14.3 Å². The van der Waals surface area contributed by atoms with Crippen LogP contribution in [-0.4, -0.2) is 29.2 Å². The summed E-state index contributed by atoms with van der Waals surface area (Å²) >= 11 is 3.02. The van der Waals surface area contributed by atoms with Crippen LogP contribution >= 0.6 is 15.9 Å². The Balaban J connectivity index is 4.59. The number of alkyl halides is 1. The second kappa shape index (κ2) is 7.61. The molecular weight excluding hydrogens is 302 g/mol. The Bertz CT molecular complexity index is 288. The van der Waals surface area contributed by atoms with E-state index in [1.807, 2.05) is 13.8 Å². The Morgan fingerprint density at radius 2 is 1.89 bits per heavy atom. The van der Waals surface area contributed by atoms with Crippen molar-refractivity contribution in [1.29, 1.82) is 0 Å². The van der Waals surface area contributed by atoms with Crippen LogP contribution in [0.2, 0.25) is 0 Å². The molecule has 0 bridgehead atoms. The van der Waals surface area contributed by atoms with Crippen molar-refractivity contribution in [3.05, 3.63) is 0 Å². The van der Waals surface area contributed by atoms with Crippen LogP contribution in [0.25, 0.3) is 0 Å². The molecule has 0 aromatic carbocycles. The van der Waals surface area contributed by atoms with Gasteiger partial charge in [0.25, 0.3) is 0 Å². The number of esters is 1. The number of halogens is 1. The van der Waals surface area contributed by atoms with E-state index in [0.717, 1.165) is 6.42 Å². The predicted octanol–water partition coefficient (Wildman–Crippen LogP) is 2.82. The molecule has 0 unspecified atom stereocenters. The number of ether oxygens (including phenoxy) is 2. The minimum Gasteiger partial charge on any atom is -0.453 e. The zero-order valence-corrected chi connectivity index (χ0v) is 13.2. The average molecular weight is 324 g/mol. The third kappa shape index (κ3) is 6.83. The van der Waals surface area contributed by atoms with E-state index in [2.05, 4.69) is 21.2 Å². The lowest BCUT2D eigenvalue weighted by Gasteiger charge is -2.25. The first-order valence-corrected chi connectivity index (χ1v) is 7.05. The van der Waals surface area contributed by atoms with Crippen molar-refractivity contribution in [3.8, 4) is 0 Å². The van der Waals surface area contributed by atoms with Crippen LogP contribution in [0.5, 0.6) is 0 Å². The topological polar surface area (TPSA) is 64.6 Å². The summed E-state index contributed by atoms with van der Waals surface area (Å²) in [5.74, 6) is -0.490. The molecular formula is C12H22BrNO4. The minimum atomic E-state index is -0.692. The molecule has 0 aromatic rings. The summed E-state index contributed by atoms with van der Waals surface area (Å²) < 4.78 is 9.99. The fourth-order valence-electron chi connectivity index (χ4n) is 1.25. The fraction of sp³-hybridized carbons (Fsp3) is 0.833. The van der Waals surface area contributed by atoms with E-state index in [0.29, 0.717) is 0 Å². The largest absolute Gasteiger partial charge is 0.453 e. The van der Waals surface area contributed by atoms with Crippen LogP contribution in [0.4, 0.5) is 4.79 Å². The zero-order valence-electron chi connectivity index (χ0n) is 11.6. The summed E-state index contributed by atoms with van der Waals surface area (Å²) in [7, 11) is 0. The molecule has 1 amide bonds. The Morgan fingerprint density at radius 1 is 1.33 bits per heavy atom. The SMILES string of the molecule is CC[C@H](C)[C@H](NC(=O)OC(C)(C)C)C(=O)OCBr. The highest BCUT2D eigenvalue weighted by molar-refractivity contribution is 9.09. The van der Waals surface area contributed by atoms with Crippen LogP contribution in [0, 0.1) is 5.92 Å². The highest BCUT2D eigenvalue weighted by atomic mass is 79.9. The molecule has 0 aliphatic carbocycles. The van der Waals surface area contributed by atoms with E-state index in [1.54, 1.807) is 20.8 Å². The third-order valence-corrected chi connectivity index (χ3v) is 2.56. The van der Waals surface area contributed by atoms with Gasteiger partial charge in [0, 0.05) is 0 Å². The van der Waals surface area contributed by atoms with Crippen LogP contribution in [0.15, 0.2) is 0 Å². The van der Waals surface area contributed by atoms with Gasteiger partial charge in [0.15, 0.2) is 0 Å². The highest BCUT2D eigenvalue weighted by Crippen LogP contribution is 2.12. The van der Waals surface area contributed by atoms with E-state index >= 15 is 0 Å². The number of hydrogen-bond donors (Lipinski definition) is 1. The molecule has 0 rings (SSSR count). The maximum atomic E-state index is 11.7. The third-order valence-electron chi connectivity index (χ3n) is 2.34. The number of nitrogens with one attached hydrogen (secondary N) is 1. The molecule has 0 radical (unpaired) electrons. The van der Waals surface area contributed by atoms with Crippen molar-refractivity contribution < 1.29 is 19.1 Å². The fourth-order valence-corrected chi connectivity index (χ4v) is 1.47. The van der Waals surface area contributed by atoms with Gasteiger partial charge >= 0.3 is 12.1 Å². The first kappa shape index (κ1) is 17.2. The molecule has 106 valence electrons. The quantitative estimate of drug-likeness (QED) is 0.624. The maximum Gasteiger partial charge on any atom is 0.408 e. The van der Waals surface area contributed by atoms with Gasteiger partial charge in [-0.1, -0.05) is 20.3 Å². The van der Waals surface area contributed by atoms with Gasteiger partial charge in [-0.25, -0.2) is 9.59 Å². The van der Waals surface area contributed by atoms with Crippen LogP contribution in [0.1, 0.15) is 41.0 Å². The van der Waals surface area contributed by atoms with Gasteiger partial charge in [0.05, 0.1) is 0 Å². The van der Waals surface area contributed by atoms with Gasteiger partial charge in [-0.05, 0) is 42.6 Å². The first-order chi connectivity index (χ1) is 8.21. The van der Waals surface area contributed by atoms with Crippen molar-refractivity contribution in [3.63, 3.8) is 0 Å². The van der Waals surface area contributed by atoms with Crippen molar-refractivity contribution in [1.82, 2.24) is 5.32 Å². The van der Waals surface area contributed by atoms with E-state index in [1.165, 1.54) is 0 Å². The normalized spacial score (nSPS) is 14.6. The van der Waals surface area contributed by atoms with E-state index in [4.69, 9.17) is 9.47 Å². The number of amides is 1. The number of rotatable bonds is 5. The molecule has 0 saturated carbocycles. The van der Waals surface area contributed by atoms with Crippen molar-refractivity contribution in [2.45, 2.75) is 52.7 Å². The molecule has 0 spiro atoms. The van der Waals surface area contributed by atoms with Gasteiger partial charge in [-0.2, -0.15) is 0 Å². The summed E-state index contributed by atoms with van der Waals surface area (Å²) in [5.41, 5.74) is -0.488. The Hall–Kier alpha value is -0.780. The molecule has 1 N–H and O–H groups in total. The molecule has 5 nitrogen and oxygen atoms in total. The average Bonchev–Trinajstić information content (AvgIpc) is 2.22. The number of hydrogen-bond acceptors (Lipinski definition) is 4. The summed E-state index contributed by atoms with van der Waals surface area (Å²) in [6, 6.07) is -0.692. The number of alkyl carbamates (subject to hydrolysis) is 1. The molecule has 0 fully saturated rings. The Labute approximate surface area is 117 Å². The van der Waals surface area contributed by atoms with Crippen LogP contribution < -0.4 is 5.32 Å². The Kier molecular flexibility index (Phi) is 7.28. The molecule has 0 aliphatic heterocycles. The van der Waals surface area contributed by atoms with Gasteiger partial charge < -0.3 is 14.8 Å². The van der Waals surface area contributed by atoms with Gasteiger partial charge in [-0.15, -0.1) is 0 Å². The van der Waals surface area contributed by atoms with Gasteiger partial charge in [-0.3, -0.25) is 0 Å².